The van der Waals surface area contributed by atoms with E-state index in [0.717, 1.165) is 16.9 Å². The van der Waals surface area contributed by atoms with Gasteiger partial charge in [-0.15, -0.1) is 11.3 Å². The minimum atomic E-state index is -0.643. The molecule has 1 N–H and O–H groups in total. The van der Waals surface area contributed by atoms with Gasteiger partial charge in [-0.05, 0) is 42.3 Å². The Labute approximate surface area is 158 Å². The minimum absolute atomic E-state index is 0.261. The number of ether oxygens (including phenoxy) is 1. The summed E-state index contributed by atoms with van der Waals surface area (Å²) in [6, 6.07) is 13.4. The number of carbonyl (C=O) groups excluding carboxylic acids is 2. The number of thiophene rings is 1. The van der Waals surface area contributed by atoms with E-state index in [1.165, 1.54) is 12.1 Å². The maximum atomic E-state index is 13.7. The number of hydrogen-bond donors (Lipinski definition) is 1. The lowest BCUT2D eigenvalue weighted by Crippen LogP contribution is -2.30. The Hall–Kier alpha value is -2.44. The highest BCUT2D eigenvalue weighted by Crippen LogP contribution is 2.28. The second-order valence-electron chi connectivity index (χ2n) is 5.57. The van der Waals surface area contributed by atoms with Crippen molar-refractivity contribution in [2.45, 2.75) is 6.42 Å². The van der Waals surface area contributed by atoms with Crippen LogP contribution in [0.5, 0.6) is 0 Å². The quantitative estimate of drug-likeness (QED) is 0.640. The van der Waals surface area contributed by atoms with E-state index in [2.05, 4.69) is 5.32 Å². The lowest BCUT2D eigenvalue weighted by molar-refractivity contribution is -0.124. The number of benzene rings is 2. The number of hydrogen-bond acceptors (Lipinski definition) is 4. The van der Waals surface area contributed by atoms with Gasteiger partial charge in [0.15, 0.2) is 6.61 Å². The molecule has 0 spiro atoms. The first kappa shape index (κ1) is 18.4. The first-order valence-corrected chi connectivity index (χ1v) is 9.09. The van der Waals surface area contributed by atoms with Crippen molar-refractivity contribution in [2.24, 2.45) is 0 Å². The fourth-order valence-electron chi connectivity index (χ4n) is 2.42. The Kier molecular flexibility index (Phi) is 5.85. The van der Waals surface area contributed by atoms with Gasteiger partial charge in [0.25, 0.3) is 5.91 Å². The summed E-state index contributed by atoms with van der Waals surface area (Å²) in [6.07, 6.45) is 0.621. The molecule has 0 aliphatic heterocycles. The second kappa shape index (κ2) is 8.29. The van der Waals surface area contributed by atoms with E-state index < -0.39 is 17.7 Å². The van der Waals surface area contributed by atoms with Crippen molar-refractivity contribution in [1.29, 1.82) is 0 Å². The van der Waals surface area contributed by atoms with Gasteiger partial charge in [0.05, 0.1) is 0 Å². The molecule has 0 unspecified atom stereocenters. The first-order chi connectivity index (χ1) is 12.5. The molecule has 26 heavy (non-hydrogen) atoms. The summed E-state index contributed by atoms with van der Waals surface area (Å²) in [5.41, 5.74) is 1.00. The van der Waals surface area contributed by atoms with Gasteiger partial charge in [-0.3, -0.25) is 4.79 Å². The molecule has 0 saturated heterocycles. The van der Waals surface area contributed by atoms with E-state index >= 15 is 0 Å². The van der Waals surface area contributed by atoms with Crippen molar-refractivity contribution in [2.75, 3.05) is 13.2 Å². The van der Waals surface area contributed by atoms with Crippen molar-refractivity contribution >= 4 is 44.9 Å². The first-order valence-electron chi connectivity index (χ1n) is 7.89. The summed E-state index contributed by atoms with van der Waals surface area (Å²) in [7, 11) is 0. The van der Waals surface area contributed by atoms with E-state index in [-0.39, 0.29) is 11.5 Å². The molecule has 0 aliphatic carbocycles. The van der Waals surface area contributed by atoms with Crippen LogP contribution in [0, 0.1) is 5.82 Å². The summed E-state index contributed by atoms with van der Waals surface area (Å²) < 4.78 is 19.3. The van der Waals surface area contributed by atoms with Crippen molar-refractivity contribution in [3.63, 3.8) is 0 Å². The molecule has 3 aromatic rings. The molecule has 0 saturated carbocycles. The maximum Gasteiger partial charge on any atom is 0.348 e. The number of esters is 1. The van der Waals surface area contributed by atoms with Crippen LogP contribution in [0.3, 0.4) is 0 Å². The number of rotatable bonds is 6. The second-order valence-corrected chi connectivity index (χ2v) is 7.09. The van der Waals surface area contributed by atoms with Crippen LogP contribution in [0.25, 0.3) is 10.1 Å². The predicted molar refractivity (Wildman–Crippen MR) is 100 cm³/mol. The van der Waals surface area contributed by atoms with Gasteiger partial charge in [0.1, 0.15) is 10.7 Å². The van der Waals surface area contributed by atoms with Crippen molar-refractivity contribution in [3.05, 3.63) is 69.8 Å². The fourth-order valence-corrected chi connectivity index (χ4v) is 3.60. The molecule has 0 aliphatic rings. The van der Waals surface area contributed by atoms with Gasteiger partial charge in [-0.25, -0.2) is 9.18 Å². The molecular weight excluding hydrogens is 377 g/mol. The Morgan fingerprint density at radius 3 is 2.73 bits per heavy atom. The molecular formula is C19H15ClFNO3S. The van der Waals surface area contributed by atoms with Gasteiger partial charge in [-0.2, -0.15) is 0 Å². The van der Waals surface area contributed by atoms with Crippen molar-refractivity contribution < 1.29 is 18.7 Å². The van der Waals surface area contributed by atoms with E-state index in [4.69, 9.17) is 16.3 Å². The highest BCUT2D eigenvalue weighted by Gasteiger charge is 2.15. The third kappa shape index (κ3) is 4.59. The van der Waals surface area contributed by atoms with Crippen LogP contribution in [-0.2, 0) is 16.0 Å². The van der Waals surface area contributed by atoms with Gasteiger partial charge < -0.3 is 10.1 Å². The van der Waals surface area contributed by atoms with E-state index in [0.29, 0.717) is 28.1 Å². The molecule has 0 bridgehead atoms. The van der Waals surface area contributed by atoms with Crippen LogP contribution in [0.1, 0.15) is 15.2 Å². The predicted octanol–water partition coefficient (Wildman–Crippen LogP) is 4.21. The topological polar surface area (TPSA) is 55.4 Å². The van der Waals surface area contributed by atoms with E-state index in [1.807, 2.05) is 18.2 Å². The summed E-state index contributed by atoms with van der Waals surface area (Å²) in [6.45, 7) is 0.0237. The Morgan fingerprint density at radius 1 is 1.15 bits per heavy atom. The molecule has 7 heteroatoms. The third-order valence-electron chi connectivity index (χ3n) is 3.67. The minimum Gasteiger partial charge on any atom is -0.451 e. The molecule has 0 atom stereocenters. The summed E-state index contributed by atoms with van der Waals surface area (Å²) in [4.78, 5) is 24.1. The normalized spacial score (nSPS) is 10.7. The molecule has 0 radical (unpaired) electrons. The van der Waals surface area contributed by atoms with Gasteiger partial charge in [0.2, 0.25) is 0 Å². The van der Waals surface area contributed by atoms with Crippen LogP contribution in [0.2, 0.25) is 5.02 Å². The number of carbonyl (C=O) groups is 2. The zero-order valence-electron chi connectivity index (χ0n) is 13.6. The number of amides is 1. The maximum absolute atomic E-state index is 13.7. The standard InChI is InChI=1S/C19H15ClFNO3S/c20-13-4-1-3-12(9-13)7-8-22-18(23)11-25-19(24)17-10-14-15(21)5-2-6-16(14)26-17/h1-6,9-10H,7-8,11H2,(H,22,23). The van der Waals surface area contributed by atoms with Crippen molar-refractivity contribution in [1.82, 2.24) is 5.32 Å². The number of nitrogens with one attached hydrogen (secondary N) is 1. The molecule has 2 aromatic carbocycles. The number of fused-ring (bicyclic) bond motifs is 1. The average Bonchev–Trinajstić information content (AvgIpc) is 3.05. The van der Waals surface area contributed by atoms with Gasteiger partial charge in [0, 0.05) is 21.7 Å². The lowest BCUT2D eigenvalue weighted by Gasteiger charge is -2.06. The lowest BCUT2D eigenvalue weighted by atomic mass is 10.1. The van der Waals surface area contributed by atoms with Gasteiger partial charge in [-0.1, -0.05) is 29.8 Å². The number of halogens is 2. The monoisotopic (exact) mass is 391 g/mol. The molecule has 134 valence electrons. The van der Waals surface area contributed by atoms with E-state index in [1.54, 1.807) is 18.2 Å². The van der Waals surface area contributed by atoms with Crippen LogP contribution < -0.4 is 5.32 Å². The summed E-state index contributed by atoms with van der Waals surface area (Å²) in [5.74, 6) is -1.43. The van der Waals surface area contributed by atoms with Crippen LogP contribution in [-0.4, -0.2) is 25.0 Å². The Balaban J connectivity index is 1.47. The van der Waals surface area contributed by atoms with Crippen LogP contribution >= 0.6 is 22.9 Å². The third-order valence-corrected chi connectivity index (χ3v) is 4.98. The highest BCUT2D eigenvalue weighted by atomic mass is 35.5. The van der Waals surface area contributed by atoms with Crippen LogP contribution in [0.15, 0.2) is 48.5 Å². The Bertz CT molecular complexity index is 957. The largest absolute Gasteiger partial charge is 0.451 e. The average molecular weight is 392 g/mol. The summed E-state index contributed by atoms with van der Waals surface area (Å²) >= 11 is 7.03. The molecule has 1 aromatic heterocycles. The highest BCUT2D eigenvalue weighted by molar-refractivity contribution is 7.20. The SMILES string of the molecule is O=C(COC(=O)c1cc2c(F)cccc2s1)NCCc1cccc(Cl)c1. The fraction of sp³-hybridized carbons (Fsp3) is 0.158. The molecule has 1 heterocycles. The molecule has 4 nitrogen and oxygen atoms in total. The Morgan fingerprint density at radius 2 is 1.96 bits per heavy atom. The summed E-state index contributed by atoms with van der Waals surface area (Å²) in [5, 5.41) is 3.69. The smallest absolute Gasteiger partial charge is 0.348 e. The van der Waals surface area contributed by atoms with Crippen LogP contribution in [0.4, 0.5) is 4.39 Å². The molecule has 3 rings (SSSR count). The molecule has 1 amide bonds. The van der Waals surface area contributed by atoms with Gasteiger partial charge >= 0.3 is 5.97 Å². The van der Waals surface area contributed by atoms with E-state index in [9.17, 15) is 14.0 Å². The van der Waals surface area contributed by atoms with Crippen molar-refractivity contribution in [3.8, 4) is 0 Å². The zero-order chi connectivity index (χ0) is 18.5. The molecule has 0 fully saturated rings. The zero-order valence-corrected chi connectivity index (χ0v) is 15.2.